The maximum absolute atomic E-state index is 11.7. The van der Waals surface area contributed by atoms with E-state index >= 15 is 0 Å². The number of hydrogen-bond donors (Lipinski definition) is 2. The Kier molecular flexibility index (Phi) is 6.91. The molecule has 0 fully saturated rings. The molecule has 1 atom stereocenters. The van der Waals surface area contributed by atoms with Crippen LogP contribution < -0.4 is 11.1 Å². The maximum Gasteiger partial charge on any atom is 0.220 e. The molecular weight excluding hydrogens is 288 g/mol. The van der Waals surface area contributed by atoms with E-state index in [4.69, 9.17) is 5.73 Å². The summed E-state index contributed by atoms with van der Waals surface area (Å²) in [7, 11) is 0. The first-order chi connectivity index (χ1) is 9.69. The first-order valence-corrected chi connectivity index (χ1v) is 6.77. The first kappa shape index (κ1) is 17.2. The van der Waals surface area contributed by atoms with Crippen molar-refractivity contribution in [2.45, 2.75) is 25.8 Å². The van der Waals surface area contributed by atoms with Crippen molar-refractivity contribution in [1.29, 1.82) is 0 Å². The van der Waals surface area contributed by atoms with Gasteiger partial charge in [0, 0.05) is 25.2 Å². The van der Waals surface area contributed by atoms with Crippen LogP contribution in [0.25, 0.3) is 5.69 Å². The fourth-order valence-electron chi connectivity index (χ4n) is 1.87. The van der Waals surface area contributed by atoms with Gasteiger partial charge in [0.1, 0.15) is 0 Å². The zero-order valence-electron chi connectivity index (χ0n) is 12.0. The van der Waals surface area contributed by atoms with Gasteiger partial charge >= 0.3 is 0 Å². The van der Waals surface area contributed by atoms with Gasteiger partial charge in [-0.2, -0.15) is 5.10 Å². The summed E-state index contributed by atoms with van der Waals surface area (Å²) in [6, 6.07) is 9.92. The second-order valence-corrected chi connectivity index (χ2v) is 4.83. The second kappa shape index (κ2) is 8.44. The number of rotatable bonds is 6. The molecule has 5 nitrogen and oxygen atoms in total. The highest BCUT2D eigenvalue weighted by Gasteiger charge is 2.07. The van der Waals surface area contributed by atoms with Crippen LogP contribution in [0.5, 0.6) is 0 Å². The lowest BCUT2D eigenvalue weighted by atomic mass is 10.2. The van der Waals surface area contributed by atoms with E-state index in [2.05, 4.69) is 10.4 Å². The van der Waals surface area contributed by atoms with Gasteiger partial charge in [0.05, 0.1) is 11.9 Å². The number of aryl methyl sites for hydroxylation is 1. The van der Waals surface area contributed by atoms with Crippen LogP contribution in [0.1, 0.15) is 18.9 Å². The van der Waals surface area contributed by atoms with Gasteiger partial charge in [0.2, 0.25) is 5.91 Å². The van der Waals surface area contributed by atoms with Crippen LogP contribution in [0, 0.1) is 0 Å². The van der Waals surface area contributed by atoms with Gasteiger partial charge in [0.15, 0.2) is 0 Å². The molecule has 3 N–H and O–H groups in total. The molecule has 0 aliphatic carbocycles. The van der Waals surface area contributed by atoms with E-state index in [-0.39, 0.29) is 24.4 Å². The second-order valence-electron chi connectivity index (χ2n) is 4.83. The molecule has 1 amide bonds. The number of nitrogens with two attached hydrogens (primary N) is 1. The van der Waals surface area contributed by atoms with Gasteiger partial charge in [-0.1, -0.05) is 18.2 Å². The Labute approximate surface area is 130 Å². The van der Waals surface area contributed by atoms with Crippen LogP contribution in [-0.2, 0) is 11.2 Å². The van der Waals surface area contributed by atoms with Gasteiger partial charge in [0.25, 0.3) is 0 Å². The van der Waals surface area contributed by atoms with E-state index in [0.717, 1.165) is 11.3 Å². The molecular formula is C15H21ClN4O. The lowest BCUT2D eigenvalue weighted by molar-refractivity contribution is -0.121. The third-order valence-corrected chi connectivity index (χ3v) is 3.06. The number of amides is 1. The van der Waals surface area contributed by atoms with E-state index < -0.39 is 0 Å². The molecule has 0 radical (unpaired) electrons. The van der Waals surface area contributed by atoms with Crippen LogP contribution in [0.3, 0.4) is 0 Å². The number of carbonyl (C=O) groups excluding carboxylic acids is 1. The molecule has 0 saturated carbocycles. The van der Waals surface area contributed by atoms with Crippen molar-refractivity contribution in [3.05, 3.63) is 48.3 Å². The molecule has 0 bridgehead atoms. The molecule has 2 rings (SSSR count). The number of para-hydroxylation sites is 1. The van der Waals surface area contributed by atoms with Crippen molar-refractivity contribution in [1.82, 2.24) is 15.1 Å². The molecule has 21 heavy (non-hydrogen) atoms. The fraction of sp³-hybridized carbons (Fsp3) is 0.333. The smallest absolute Gasteiger partial charge is 0.220 e. The number of hydrogen-bond acceptors (Lipinski definition) is 3. The van der Waals surface area contributed by atoms with Crippen LogP contribution in [0.15, 0.2) is 42.7 Å². The molecule has 6 heteroatoms. The molecule has 0 spiro atoms. The molecule has 0 saturated heterocycles. The molecule has 2 aromatic rings. The number of nitrogens with zero attached hydrogens (tertiary/aromatic N) is 2. The number of nitrogens with one attached hydrogen (secondary N) is 1. The van der Waals surface area contributed by atoms with E-state index in [1.165, 1.54) is 0 Å². The lowest BCUT2D eigenvalue weighted by Crippen LogP contribution is -2.37. The highest BCUT2D eigenvalue weighted by Crippen LogP contribution is 2.09. The topological polar surface area (TPSA) is 72.9 Å². The summed E-state index contributed by atoms with van der Waals surface area (Å²) in [5, 5.41) is 7.15. The number of aromatic nitrogens is 2. The Morgan fingerprint density at radius 3 is 2.76 bits per heavy atom. The predicted molar refractivity (Wildman–Crippen MR) is 85.8 cm³/mol. The largest absolute Gasteiger partial charge is 0.352 e. The van der Waals surface area contributed by atoms with Gasteiger partial charge in [-0.15, -0.1) is 12.4 Å². The average molecular weight is 309 g/mol. The van der Waals surface area contributed by atoms with Crippen molar-refractivity contribution < 1.29 is 4.79 Å². The molecule has 0 aliphatic rings. The minimum absolute atomic E-state index is 0. The van der Waals surface area contributed by atoms with Crippen molar-refractivity contribution in [3.8, 4) is 5.69 Å². The minimum Gasteiger partial charge on any atom is -0.352 e. The first-order valence-electron chi connectivity index (χ1n) is 6.77. The van der Waals surface area contributed by atoms with E-state index in [0.29, 0.717) is 19.4 Å². The van der Waals surface area contributed by atoms with Crippen LogP contribution >= 0.6 is 12.4 Å². The SMILES string of the molecule is C[C@@H](CN)NC(=O)CCc1cnn(-c2ccccc2)c1.Cl. The normalized spacial score (nSPS) is 11.5. The number of benzene rings is 1. The molecule has 0 aliphatic heterocycles. The zero-order valence-corrected chi connectivity index (χ0v) is 12.8. The summed E-state index contributed by atoms with van der Waals surface area (Å²) in [5.74, 6) is 0.0235. The quantitative estimate of drug-likeness (QED) is 0.853. The molecule has 1 heterocycles. The lowest BCUT2D eigenvalue weighted by Gasteiger charge is -2.10. The summed E-state index contributed by atoms with van der Waals surface area (Å²) in [6.07, 6.45) is 4.88. The van der Waals surface area contributed by atoms with Crippen LogP contribution in [0.4, 0.5) is 0 Å². The van der Waals surface area contributed by atoms with E-state index in [1.807, 2.05) is 48.1 Å². The Balaban J connectivity index is 0.00000220. The third kappa shape index (κ3) is 5.21. The van der Waals surface area contributed by atoms with Crippen LogP contribution in [0.2, 0.25) is 0 Å². The van der Waals surface area contributed by atoms with Crippen LogP contribution in [-0.4, -0.2) is 28.3 Å². The average Bonchev–Trinajstić information content (AvgIpc) is 2.95. The Hall–Kier alpha value is -1.85. The Morgan fingerprint density at radius 2 is 2.10 bits per heavy atom. The van der Waals surface area contributed by atoms with Gasteiger partial charge in [-0.25, -0.2) is 4.68 Å². The zero-order chi connectivity index (χ0) is 14.4. The van der Waals surface area contributed by atoms with E-state index in [9.17, 15) is 4.79 Å². The third-order valence-electron chi connectivity index (χ3n) is 3.06. The summed E-state index contributed by atoms with van der Waals surface area (Å²) < 4.78 is 1.82. The van der Waals surface area contributed by atoms with Gasteiger partial charge < -0.3 is 11.1 Å². The summed E-state index contributed by atoms with van der Waals surface area (Å²) in [6.45, 7) is 2.35. The molecule has 0 unspecified atom stereocenters. The summed E-state index contributed by atoms with van der Waals surface area (Å²) >= 11 is 0. The summed E-state index contributed by atoms with van der Waals surface area (Å²) in [4.78, 5) is 11.7. The van der Waals surface area contributed by atoms with Crippen molar-refractivity contribution >= 4 is 18.3 Å². The molecule has 1 aromatic carbocycles. The number of halogens is 1. The molecule has 1 aromatic heterocycles. The van der Waals surface area contributed by atoms with Crippen molar-refractivity contribution in [2.24, 2.45) is 5.73 Å². The maximum atomic E-state index is 11.7. The number of carbonyl (C=O) groups is 1. The Bertz CT molecular complexity index is 556. The molecule has 114 valence electrons. The monoisotopic (exact) mass is 308 g/mol. The summed E-state index contributed by atoms with van der Waals surface area (Å²) in [5.41, 5.74) is 7.53. The van der Waals surface area contributed by atoms with Gasteiger partial charge in [-0.05, 0) is 31.0 Å². The van der Waals surface area contributed by atoms with Crippen molar-refractivity contribution in [2.75, 3.05) is 6.54 Å². The van der Waals surface area contributed by atoms with Gasteiger partial charge in [-0.3, -0.25) is 4.79 Å². The Morgan fingerprint density at radius 1 is 1.38 bits per heavy atom. The predicted octanol–water partition coefficient (Wildman–Crippen LogP) is 1.69. The minimum atomic E-state index is 0. The van der Waals surface area contributed by atoms with E-state index in [1.54, 1.807) is 6.20 Å². The standard InChI is InChI=1S/C15H20N4O.ClH/c1-12(9-16)18-15(20)8-7-13-10-17-19(11-13)14-5-3-2-4-6-14;/h2-6,10-12H,7-9,16H2,1H3,(H,18,20);1H/t12-;/m0./s1. The highest BCUT2D eigenvalue weighted by molar-refractivity contribution is 5.85. The van der Waals surface area contributed by atoms with Crippen molar-refractivity contribution in [3.63, 3.8) is 0 Å². The highest BCUT2D eigenvalue weighted by atomic mass is 35.5. The fourth-order valence-corrected chi connectivity index (χ4v) is 1.87.